The maximum absolute atomic E-state index is 13.1. The van der Waals surface area contributed by atoms with Crippen LogP contribution < -0.4 is 10.6 Å². The number of hydrogen-bond acceptors (Lipinski definition) is 9. The van der Waals surface area contributed by atoms with Crippen LogP contribution in [-0.2, 0) is 28.6 Å². The quantitative estimate of drug-likeness (QED) is 0.191. The molecule has 11 heteroatoms. The molecular weight excluding hydrogens is 482 g/mol. The lowest BCUT2D eigenvalue weighted by molar-refractivity contribution is -0.145. The van der Waals surface area contributed by atoms with Crippen LogP contribution >= 0.6 is 0 Å². The van der Waals surface area contributed by atoms with Crippen LogP contribution in [0.5, 0.6) is 0 Å². The average molecular weight is 518 g/mol. The monoisotopic (exact) mass is 517 g/mol. The molecule has 1 unspecified atom stereocenters. The van der Waals surface area contributed by atoms with Gasteiger partial charge in [0.1, 0.15) is 12.6 Å². The summed E-state index contributed by atoms with van der Waals surface area (Å²) in [5.41, 5.74) is 0.901. The average Bonchev–Trinajstić information content (AvgIpc) is 3.13. The van der Waals surface area contributed by atoms with Gasteiger partial charge < -0.3 is 19.5 Å². The SMILES string of the molecule is CCCCCCC(=O)OCCOCCOCCNc1cccc2c1C(=O)N(C1CCC(=O)NC1=O)C2=O. The number of carbonyl (C=O) groups excluding carboxylic acids is 5. The smallest absolute Gasteiger partial charge is 0.305 e. The van der Waals surface area contributed by atoms with Crippen LogP contribution in [0, 0.1) is 0 Å². The third-order valence-electron chi connectivity index (χ3n) is 6.13. The molecule has 4 amide bonds. The van der Waals surface area contributed by atoms with Gasteiger partial charge in [-0.25, -0.2) is 0 Å². The molecule has 1 fully saturated rings. The van der Waals surface area contributed by atoms with E-state index in [0.717, 1.165) is 30.6 Å². The molecule has 0 radical (unpaired) electrons. The highest BCUT2D eigenvalue weighted by Gasteiger charge is 2.45. The molecule has 2 heterocycles. The molecule has 2 aliphatic rings. The zero-order valence-corrected chi connectivity index (χ0v) is 21.2. The van der Waals surface area contributed by atoms with Crippen molar-refractivity contribution in [2.24, 2.45) is 0 Å². The van der Waals surface area contributed by atoms with E-state index in [9.17, 15) is 24.0 Å². The molecule has 37 heavy (non-hydrogen) atoms. The van der Waals surface area contributed by atoms with Crippen LogP contribution in [0.4, 0.5) is 5.69 Å². The third-order valence-corrected chi connectivity index (χ3v) is 6.13. The number of fused-ring (bicyclic) bond motifs is 1. The largest absolute Gasteiger partial charge is 0.463 e. The molecule has 202 valence electrons. The van der Waals surface area contributed by atoms with Crippen molar-refractivity contribution in [2.45, 2.75) is 57.9 Å². The lowest BCUT2D eigenvalue weighted by atomic mass is 10.0. The number of benzene rings is 1. The number of nitrogens with zero attached hydrogens (tertiary/aromatic N) is 1. The number of nitrogens with one attached hydrogen (secondary N) is 2. The first-order valence-corrected chi connectivity index (χ1v) is 12.8. The Balaban J connectivity index is 1.33. The fourth-order valence-electron chi connectivity index (χ4n) is 4.22. The minimum Gasteiger partial charge on any atom is -0.463 e. The maximum atomic E-state index is 13.1. The maximum Gasteiger partial charge on any atom is 0.305 e. The van der Waals surface area contributed by atoms with E-state index in [-0.39, 0.29) is 36.5 Å². The van der Waals surface area contributed by atoms with E-state index in [4.69, 9.17) is 14.2 Å². The number of esters is 1. The third kappa shape index (κ3) is 7.83. The second kappa shape index (κ2) is 14.4. The van der Waals surface area contributed by atoms with Gasteiger partial charge in [0, 0.05) is 25.1 Å². The molecular formula is C26H35N3O8. The summed E-state index contributed by atoms with van der Waals surface area (Å²) in [6.45, 7) is 4.05. The van der Waals surface area contributed by atoms with E-state index in [0.29, 0.717) is 45.1 Å². The first kappa shape index (κ1) is 28.3. The zero-order valence-electron chi connectivity index (χ0n) is 21.2. The molecule has 0 saturated carbocycles. The number of anilines is 1. The molecule has 0 aliphatic carbocycles. The van der Waals surface area contributed by atoms with Crippen LogP contribution in [0.3, 0.4) is 0 Å². The molecule has 1 aromatic rings. The number of ether oxygens (including phenoxy) is 3. The first-order chi connectivity index (χ1) is 17.9. The minimum absolute atomic E-state index is 0.0697. The van der Waals surface area contributed by atoms with E-state index in [2.05, 4.69) is 17.6 Å². The summed E-state index contributed by atoms with van der Waals surface area (Å²) in [4.78, 5) is 62.1. The van der Waals surface area contributed by atoms with Gasteiger partial charge in [-0.1, -0.05) is 32.3 Å². The second-order valence-electron chi connectivity index (χ2n) is 8.86. The topological polar surface area (TPSA) is 140 Å². The van der Waals surface area contributed by atoms with Gasteiger partial charge in [0.15, 0.2) is 0 Å². The number of imide groups is 2. The Bertz CT molecular complexity index is 996. The number of carbonyl (C=O) groups is 5. The molecule has 0 aromatic heterocycles. The molecule has 1 atom stereocenters. The minimum atomic E-state index is -1.00. The number of piperidine rings is 1. The molecule has 1 saturated heterocycles. The first-order valence-electron chi connectivity index (χ1n) is 12.8. The van der Waals surface area contributed by atoms with Crippen LogP contribution in [-0.4, -0.2) is 80.1 Å². The molecule has 2 N–H and O–H groups in total. The lowest BCUT2D eigenvalue weighted by Crippen LogP contribution is -2.54. The van der Waals surface area contributed by atoms with Crippen molar-refractivity contribution in [1.29, 1.82) is 0 Å². The number of rotatable bonds is 16. The fraction of sp³-hybridized carbons (Fsp3) is 0.577. The Labute approximate surface area is 216 Å². The van der Waals surface area contributed by atoms with Gasteiger partial charge in [0.05, 0.1) is 37.6 Å². The van der Waals surface area contributed by atoms with Crippen LogP contribution in [0.15, 0.2) is 18.2 Å². The fourth-order valence-corrected chi connectivity index (χ4v) is 4.22. The molecule has 3 rings (SSSR count). The highest BCUT2D eigenvalue weighted by molar-refractivity contribution is 6.25. The van der Waals surface area contributed by atoms with Crippen LogP contribution in [0.1, 0.15) is 72.6 Å². The molecule has 0 bridgehead atoms. The summed E-state index contributed by atoms with van der Waals surface area (Å²) in [6.07, 6.45) is 4.76. The Morgan fingerprint density at radius 3 is 2.51 bits per heavy atom. The Morgan fingerprint density at radius 2 is 1.76 bits per heavy atom. The van der Waals surface area contributed by atoms with Gasteiger partial charge in [0.2, 0.25) is 11.8 Å². The van der Waals surface area contributed by atoms with Gasteiger partial charge in [-0.15, -0.1) is 0 Å². The molecule has 0 spiro atoms. The van der Waals surface area contributed by atoms with Crippen molar-refractivity contribution in [3.05, 3.63) is 29.3 Å². The van der Waals surface area contributed by atoms with Crippen molar-refractivity contribution in [3.63, 3.8) is 0 Å². The van der Waals surface area contributed by atoms with Crippen molar-refractivity contribution in [2.75, 3.05) is 44.9 Å². The van der Waals surface area contributed by atoms with Gasteiger partial charge in [-0.2, -0.15) is 0 Å². The van der Waals surface area contributed by atoms with Gasteiger partial charge in [-0.3, -0.25) is 34.2 Å². The summed E-state index contributed by atoms with van der Waals surface area (Å²) in [5.74, 6) is -2.36. The zero-order chi connectivity index (χ0) is 26.6. The lowest BCUT2D eigenvalue weighted by Gasteiger charge is -2.27. The molecule has 1 aromatic carbocycles. The van der Waals surface area contributed by atoms with E-state index < -0.39 is 29.7 Å². The number of amides is 4. The second-order valence-corrected chi connectivity index (χ2v) is 8.86. The molecule has 11 nitrogen and oxygen atoms in total. The number of unbranched alkanes of at least 4 members (excludes halogenated alkanes) is 3. The van der Waals surface area contributed by atoms with Gasteiger partial charge in [0.25, 0.3) is 11.8 Å². The summed E-state index contributed by atoms with van der Waals surface area (Å²) in [6, 6.07) is 3.89. The highest BCUT2D eigenvalue weighted by atomic mass is 16.6. The Morgan fingerprint density at radius 1 is 1.00 bits per heavy atom. The van der Waals surface area contributed by atoms with Crippen molar-refractivity contribution < 1.29 is 38.2 Å². The Kier molecular flexibility index (Phi) is 11.0. The summed E-state index contributed by atoms with van der Waals surface area (Å²) in [7, 11) is 0. The summed E-state index contributed by atoms with van der Waals surface area (Å²) < 4.78 is 16.0. The van der Waals surface area contributed by atoms with Gasteiger partial charge in [-0.05, 0) is 25.0 Å². The number of hydrogen-bond donors (Lipinski definition) is 2. The summed E-state index contributed by atoms with van der Waals surface area (Å²) in [5, 5.41) is 5.29. The van der Waals surface area contributed by atoms with Gasteiger partial charge >= 0.3 is 5.97 Å². The van der Waals surface area contributed by atoms with Crippen LogP contribution in [0.25, 0.3) is 0 Å². The predicted molar refractivity (Wildman–Crippen MR) is 133 cm³/mol. The van der Waals surface area contributed by atoms with E-state index >= 15 is 0 Å². The normalized spacial score (nSPS) is 17.1. The Hall–Kier alpha value is -3.31. The standard InChI is InChI=1S/C26H35N3O8/c1-2-3-4-5-9-22(31)37-17-16-36-15-14-35-13-12-27-19-8-6-7-18-23(19)26(34)29(25(18)33)20-10-11-21(30)28-24(20)32/h6-8,20,27H,2-5,9-17H2,1H3,(H,28,30,32). The molecule has 2 aliphatic heterocycles. The highest BCUT2D eigenvalue weighted by Crippen LogP contribution is 2.32. The van der Waals surface area contributed by atoms with E-state index in [1.165, 1.54) is 0 Å². The van der Waals surface area contributed by atoms with Crippen molar-refractivity contribution in [1.82, 2.24) is 10.2 Å². The van der Waals surface area contributed by atoms with Crippen LogP contribution in [0.2, 0.25) is 0 Å². The van der Waals surface area contributed by atoms with E-state index in [1.54, 1.807) is 18.2 Å². The van der Waals surface area contributed by atoms with Crippen molar-refractivity contribution >= 4 is 35.3 Å². The predicted octanol–water partition coefficient (Wildman–Crippen LogP) is 2.05. The van der Waals surface area contributed by atoms with E-state index in [1.807, 2.05) is 0 Å². The van der Waals surface area contributed by atoms with Crippen molar-refractivity contribution in [3.8, 4) is 0 Å². The summed E-state index contributed by atoms with van der Waals surface area (Å²) >= 11 is 0.